The Morgan fingerprint density at radius 1 is 1.39 bits per heavy atom. The molecule has 1 atom stereocenters. The van der Waals surface area contributed by atoms with E-state index in [0.717, 1.165) is 24.9 Å². The van der Waals surface area contributed by atoms with E-state index in [2.05, 4.69) is 27.7 Å². The first-order valence-corrected chi connectivity index (χ1v) is 9.21. The molecule has 6 heteroatoms. The largest absolute Gasteiger partial charge is 0.322 e. The number of aryl methyl sites for hydroxylation is 1. The number of hydrogen-bond acceptors (Lipinski definition) is 3. The van der Waals surface area contributed by atoms with E-state index < -0.39 is 0 Å². The lowest BCUT2D eigenvalue weighted by Crippen LogP contribution is -2.32. The first-order chi connectivity index (χ1) is 11.1. The number of nitrogens with one attached hydrogen (secondary N) is 1. The topological polar surface area (TPSA) is 32.3 Å². The molecule has 2 aromatic rings. The maximum atomic E-state index is 12.4. The summed E-state index contributed by atoms with van der Waals surface area (Å²) in [6, 6.07) is 8.13. The van der Waals surface area contributed by atoms with Crippen molar-refractivity contribution in [2.45, 2.75) is 25.8 Å². The van der Waals surface area contributed by atoms with Crippen LogP contribution in [0.15, 0.2) is 29.6 Å². The molecule has 1 aromatic heterocycles. The number of anilines is 1. The lowest BCUT2D eigenvalue weighted by molar-refractivity contribution is -0.117. The van der Waals surface area contributed by atoms with Gasteiger partial charge in [0.05, 0.1) is 22.3 Å². The van der Waals surface area contributed by atoms with Crippen LogP contribution in [0.25, 0.3) is 0 Å². The fourth-order valence-corrected chi connectivity index (χ4v) is 4.31. The third-order valence-electron chi connectivity index (χ3n) is 4.13. The molecule has 0 saturated carbocycles. The first kappa shape index (κ1) is 16.8. The Morgan fingerprint density at radius 2 is 2.22 bits per heavy atom. The minimum Gasteiger partial charge on any atom is -0.322 e. The molecule has 1 fully saturated rings. The number of amides is 1. The summed E-state index contributed by atoms with van der Waals surface area (Å²) in [6.45, 7) is 3.18. The number of benzene rings is 1. The van der Waals surface area contributed by atoms with E-state index in [1.807, 2.05) is 13.0 Å². The van der Waals surface area contributed by atoms with Crippen LogP contribution >= 0.6 is 34.5 Å². The molecule has 2 heterocycles. The first-order valence-electron chi connectivity index (χ1n) is 7.58. The number of carbonyl (C=O) groups is 1. The van der Waals surface area contributed by atoms with E-state index in [9.17, 15) is 4.79 Å². The highest BCUT2D eigenvalue weighted by atomic mass is 35.5. The summed E-state index contributed by atoms with van der Waals surface area (Å²) in [4.78, 5) is 16.0. The second-order valence-corrected chi connectivity index (χ2v) is 7.51. The van der Waals surface area contributed by atoms with E-state index in [4.69, 9.17) is 23.2 Å². The van der Waals surface area contributed by atoms with Gasteiger partial charge in [-0.25, -0.2) is 0 Å². The molecule has 0 bridgehead atoms. The highest BCUT2D eigenvalue weighted by molar-refractivity contribution is 7.10. The van der Waals surface area contributed by atoms with Gasteiger partial charge in [-0.2, -0.15) is 0 Å². The van der Waals surface area contributed by atoms with Gasteiger partial charge in [0.15, 0.2) is 0 Å². The zero-order chi connectivity index (χ0) is 16.4. The van der Waals surface area contributed by atoms with Crippen LogP contribution in [0.4, 0.5) is 5.69 Å². The lowest BCUT2D eigenvalue weighted by Gasteiger charge is -2.23. The van der Waals surface area contributed by atoms with Crippen molar-refractivity contribution in [1.82, 2.24) is 4.90 Å². The minimum absolute atomic E-state index is 0.0807. The van der Waals surface area contributed by atoms with Gasteiger partial charge in [-0.1, -0.05) is 35.3 Å². The molecule has 122 valence electrons. The Bertz CT molecular complexity index is 703. The fourth-order valence-electron chi connectivity index (χ4n) is 2.95. The average Bonchev–Trinajstić information content (AvgIpc) is 3.18. The van der Waals surface area contributed by atoms with Crippen LogP contribution < -0.4 is 5.32 Å². The van der Waals surface area contributed by atoms with E-state index in [-0.39, 0.29) is 5.91 Å². The molecule has 0 radical (unpaired) electrons. The van der Waals surface area contributed by atoms with Crippen LogP contribution in [0, 0.1) is 6.92 Å². The van der Waals surface area contributed by atoms with Crippen LogP contribution in [-0.2, 0) is 4.79 Å². The van der Waals surface area contributed by atoms with Crippen LogP contribution in [0.5, 0.6) is 0 Å². The quantitative estimate of drug-likeness (QED) is 0.810. The minimum atomic E-state index is -0.0807. The average molecular weight is 369 g/mol. The molecule has 3 nitrogen and oxygen atoms in total. The van der Waals surface area contributed by atoms with Crippen molar-refractivity contribution in [2.24, 2.45) is 0 Å². The van der Waals surface area contributed by atoms with Crippen molar-refractivity contribution < 1.29 is 4.79 Å². The normalized spacial score (nSPS) is 18.3. The summed E-state index contributed by atoms with van der Waals surface area (Å²) in [5.74, 6) is -0.0807. The van der Waals surface area contributed by atoms with Gasteiger partial charge in [0, 0.05) is 10.9 Å². The van der Waals surface area contributed by atoms with Gasteiger partial charge in [-0.15, -0.1) is 11.3 Å². The van der Waals surface area contributed by atoms with Crippen molar-refractivity contribution in [3.05, 3.63) is 50.1 Å². The smallest absolute Gasteiger partial charge is 0.238 e. The van der Waals surface area contributed by atoms with Gasteiger partial charge in [-0.05, 0) is 49.4 Å². The maximum Gasteiger partial charge on any atom is 0.238 e. The number of thiophene rings is 1. The number of carbonyl (C=O) groups excluding carboxylic acids is 1. The highest BCUT2D eigenvalue weighted by Gasteiger charge is 2.28. The summed E-state index contributed by atoms with van der Waals surface area (Å²) in [5, 5.41) is 5.92. The molecule has 23 heavy (non-hydrogen) atoms. The predicted molar refractivity (Wildman–Crippen MR) is 97.7 cm³/mol. The molecule has 1 amide bonds. The molecule has 1 aromatic carbocycles. The Kier molecular flexibility index (Phi) is 5.27. The molecule has 0 spiro atoms. The van der Waals surface area contributed by atoms with Gasteiger partial charge in [0.1, 0.15) is 0 Å². The van der Waals surface area contributed by atoms with Crippen LogP contribution in [0.1, 0.15) is 29.3 Å². The second kappa shape index (κ2) is 7.22. The number of halogens is 2. The third kappa shape index (κ3) is 3.72. The second-order valence-electron chi connectivity index (χ2n) is 5.75. The monoisotopic (exact) mass is 368 g/mol. The number of nitrogens with zero attached hydrogens (tertiary/aromatic N) is 1. The van der Waals surface area contributed by atoms with E-state index in [1.54, 1.807) is 17.4 Å². The molecule has 1 aliphatic heterocycles. The molecule has 1 aliphatic rings. The Morgan fingerprint density at radius 3 is 2.96 bits per heavy atom. The zero-order valence-corrected chi connectivity index (χ0v) is 15.1. The Hall–Kier alpha value is -1.07. The molecular weight excluding hydrogens is 351 g/mol. The summed E-state index contributed by atoms with van der Waals surface area (Å²) in [7, 11) is 0. The standard InChI is InChI=1S/C17H18Cl2N2OS/c1-11-6-7-12(18)17(16(11)19)20-15(22)10-21-8-2-4-13(21)14-5-3-9-23-14/h3,5-7,9,13H,2,4,8,10H2,1H3,(H,20,22)/t13-/m1/s1. The van der Waals surface area contributed by atoms with Crippen molar-refractivity contribution in [3.8, 4) is 0 Å². The summed E-state index contributed by atoms with van der Waals surface area (Å²) in [5.41, 5.74) is 1.40. The summed E-state index contributed by atoms with van der Waals surface area (Å²) < 4.78 is 0. The van der Waals surface area contributed by atoms with Gasteiger partial charge in [-0.3, -0.25) is 9.69 Å². The predicted octanol–water partition coefficient (Wildman–Crippen LogP) is 5.14. The molecule has 0 unspecified atom stereocenters. The van der Waals surface area contributed by atoms with Crippen LogP contribution in [0.3, 0.4) is 0 Å². The maximum absolute atomic E-state index is 12.4. The Labute approximate surface area is 150 Å². The zero-order valence-electron chi connectivity index (χ0n) is 12.8. The van der Waals surface area contributed by atoms with E-state index in [1.165, 1.54) is 4.88 Å². The molecule has 1 N–H and O–H groups in total. The molecule has 0 aliphatic carbocycles. The van der Waals surface area contributed by atoms with Crippen molar-refractivity contribution in [2.75, 3.05) is 18.4 Å². The van der Waals surface area contributed by atoms with Crippen molar-refractivity contribution >= 4 is 46.1 Å². The van der Waals surface area contributed by atoms with Gasteiger partial charge >= 0.3 is 0 Å². The highest BCUT2D eigenvalue weighted by Crippen LogP contribution is 2.35. The number of hydrogen-bond donors (Lipinski definition) is 1. The molecule has 1 saturated heterocycles. The third-order valence-corrected chi connectivity index (χ3v) is 5.91. The molecular formula is C17H18Cl2N2OS. The van der Waals surface area contributed by atoms with Crippen LogP contribution in [-0.4, -0.2) is 23.9 Å². The van der Waals surface area contributed by atoms with E-state index >= 15 is 0 Å². The van der Waals surface area contributed by atoms with Crippen molar-refractivity contribution in [1.29, 1.82) is 0 Å². The lowest BCUT2D eigenvalue weighted by atomic mass is 10.2. The summed E-state index contributed by atoms with van der Waals surface area (Å²) >= 11 is 14.2. The van der Waals surface area contributed by atoms with Crippen molar-refractivity contribution in [3.63, 3.8) is 0 Å². The summed E-state index contributed by atoms with van der Waals surface area (Å²) in [6.07, 6.45) is 2.21. The van der Waals surface area contributed by atoms with Gasteiger partial charge < -0.3 is 5.32 Å². The number of rotatable bonds is 4. The van der Waals surface area contributed by atoms with Gasteiger partial charge in [0.2, 0.25) is 5.91 Å². The fraction of sp³-hybridized carbons (Fsp3) is 0.353. The SMILES string of the molecule is Cc1ccc(Cl)c(NC(=O)CN2CCC[C@@H]2c2cccs2)c1Cl. The number of likely N-dealkylation sites (tertiary alicyclic amines) is 1. The molecule has 3 rings (SSSR count). The van der Waals surface area contributed by atoms with E-state index in [0.29, 0.717) is 28.3 Å². The van der Waals surface area contributed by atoms with Crippen LogP contribution in [0.2, 0.25) is 10.0 Å². The Balaban J connectivity index is 1.69. The van der Waals surface area contributed by atoms with Gasteiger partial charge in [0.25, 0.3) is 0 Å².